The Balaban J connectivity index is 1.32. The molecule has 2 bridgehead atoms. The molecule has 2 N–H and O–H groups in total. The van der Waals surface area contributed by atoms with Gasteiger partial charge in [0.1, 0.15) is 5.82 Å². The van der Waals surface area contributed by atoms with Crippen molar-refractivity contribution in [2.24, 2.45) is 16.6 Å². The normalized spacial score (nSPS) is 27.6. The van der Waals surface area contributed by atoms with Gasteiger partial charge in [0, 0.05) is 12.0 Å². The Kier molecular flexibility index (Phi) is 5.88. The van der Waals surface area contributed by atoms with E-state index in [2.05, 4.69) is 6.07 Å². The van der Waals surface area contributed by atoms with Gasteiger partial charge in [-0.05, 0) is 98.2 Å². The summed E-state index contributed by atoms with van der Waals surface area (Å²) >= 11 is 0. The molecule has 4 fully saturated rings. The molecule has 6 rings (SSSR count). The molecular weight excluding hydrogens is 445 g/mol. The number of carbonyl (C=O) groups is 2. The van der Waals surface area contributed by atoms with Gasteiger partial charge in [-0.15, -0.1) is 0 Å². The first-order valence-electron chi connectivity index (χ1n) is 12.3. The number of carbonyl (C=O) groups excluding carboxylic acids is 2. The van der Waals surface area contributed by atoms with Crippen LogP contribution in [-0.2, 0) is 16.1 Å². The molecule has 0 spiro atoms. The van der Waals surface area contributed by atoms with E-state index >= 15 is 0 Å². The minimum Gasteiger partial charge on any atom is -0.366 e. The first-order valence-corrected chi connectivity index (χ1v) is 12.3. The average molecular weight is 476 g/mol. The van der Waals surface area contributed by atoms with Gasteiger partial charge in [-0.25, -0.2) is 9.45 Å². The van der Waals surface area contributed by atoms with E-state index in [4.69, 9.17) is 10.6 Å². The number of hydrogen-bond acceptors (Lipinski definition) is 4. The number of primary amides is 1. The molecule has 3 saturated carbocycles. The Morgan fingerprint density at radius 1 is 1.14 bits per heavy atom. The van der Waals surface area contributed by atoms with Crippen LogP contribution in [0.3, 0.4) is 0 Å². The largest absolute Gasteiger partial charge is 0.366 e. The van der Waals surface area contributed by atoms with E-state index in [0.717, 1.165) is 56.1 Å². The molecule has 1 atom stereocenters. The molecule has 182 valence electrons. The molecule has 35 heavy (non-hydrogen) atoms. The van der Waals surface area contributed by atoms with Crippen molar-refractivity contribution in [2.45, 2.75) is 64.3 Å². The van der Waals surface area contributed by atoms with E-state index in [9.17, 15) is 19.2 Å². The second-order valence-electron chi connectivity index (χ2n) is 10.6. The Labute approximate surface area is 204 Å². The van der Waals surface area contributed by atoms with Crippen molar-refractivity contribution in [3.63, 3.8) is 0 Å². The van der Waals surface area contributed by atoms with E-state index in [1.165, 1.54) is 17.2 Å². The van der Waals surface area contributed by atoms with Gasteiger partial charge in [-0.3, -0.25) is 14.4 Å². The Morgan fingerprint density at radius 2 is 1.86 bits per heavy atom. The van der Waals surface area contributed by atoms with Gasteiger partial charge in [0.2, 0.25) is 5.91 Å². The lowest BCUT2D eigenvalue weighted by atomic mass is 9.52. The van der Waals surface area contributed by atoms with Crippen molar-refractivity contribution in [3.05, 3.63) is 70.0 Å². The molecule has 6 nitrogen and oxygen atoms in total. The highest BCUT2D eigenvalue weighted by Gasteiger charge is 2.55. The molecule has 0 radical (unpaired) electrons. The van der Waals surface area contributed by atoms with Gasteiger partial charge in [0.05, 0.1) is 29.7 Å². The topological polar surface area (TPSA) is 96.4 Å². The van der Waals surface area contributed by atoms with E-state index in [-0.39, 0.29) is 22.9 Å². The molecule has 2 aromatic rings. The van der Waals surface area contributed by atoms with Crippen molar-refractivity contribution in [1.29, 1.82) is 5.26 Å². The van der Waals surface area contributed by atoms with Crippen molar-refractivity contribution in [3.8, 4) is 6.07 Å². The second-order valence-corrected chi connectivity index (χ2v) is 10.6. The minimum absolute atomic E-state index is 0.0116. The Bertz CT molecular complexity index is 1210. The predicted octanol–water partition coefficient (Wildman–Crippen LogP) is 4.89. The van der Waals surface area contributed by atoms with Gasteiger partial charge in [-0.2, -0.15) is 5.26 Å². The number of hydrogen-bond donors (Lipinski definition) is 1. The summed E-state index contributed by atoms with van der Waals surface area (Å²) in [4.78, 5) is 31.4. The zero-order valence-electron chi connectivity index (χ0n) is 20.0. The van der Waals surface area contributed by atoms with E-state index < -0.39 is 17.1 Å². The van der Waals surface area contributed by atoms with E-state index in [1.54, 1.807) is 6.07 Å². The van der Waals surface area contributed by atoms with Crippen LogP contribution in [0, 0.1) is 34.9 Å². The molecule has 4 aliphatic rings. The SMILES string of the molecule is Cc1ccc(CC23CCC(C(=O)N4OCC[C@H]4c4cc(F)cc(C#N)c4)(CC2)CC3)cc1C(N)=O. The number of amides is 2. The number of aryl methyl sites for hydroxylation is 1. The summed E-state index contributed by atoms with van der Waals surface area (Å²) in [5.41, 5.74) is 8.64. The molecule has 1 saturated heterocycles. The lowest BCUT2D eigenvalue weighted by Gasteiger charge is -2.53. The van der Waals surface area contributed by atoms with Gasteiger partial charge in [0.25, 0.3) is 5.91 Å². The molecule has 0 aromatic heterocycles. The lowest BCUT2D eigenvalue weighted by molar-refractivity contribution is -0.196. The van der Waals surface area contributed by atoms with Crippen LogP contribution in [0.1, 0.15) is 83.6 Å². The monoisotopic (exact) mass is 475 g/mol. The highest BCUT2D eigenvalue weighted by Crippen LogP contribution is 2.59. The fourth-order valence-electron chi connectivity index (χ4n) is 6.40. The fraction of sp³-hybridized carbons (Fsp3) is 0.464. The Morgan fingerprint density at radius 3 is 2.51 bits per heavy atom. The highest BCUT2D eigenvalue weighted by atomic mass is 19.1. The third-order valence-electron chi connectivity index (χ3n) is 8.54. The zero-order chi connectivity index (χ0) is 24.8. The van der Waals surface area contributed by atoms with Gasteiger partial charge < -0.3 is 5.73 Å². The van der Waals surface area contributed by atoms with E-state index in [0.29, 0.717) is 24.2 Å². The van der Waals surface area contributed by atoms with Crippen LogP contribution in [0.5, 0.6) is 0 Å². The van der Waals surface area contributed by atoms with E-state index in [1.807, 2.05) is 25.1 Å². The third-order valence-corrected chi connectivity index (χ3v) is 8.54. The smallest absolute Gasteiger partial charge is 0.252 e. The van der Waals surface area contributed by atoms with Crippen LogP contribution in [0.15, 0.2) is 36.4 Å². The minimum atomic E-state index is -0.479. The van der Waals surface area contributed by atoms with Crippen LogP contribution >= 0.6 is 0 Å². The third kappa shape index (κ3) is 4.21. The molecule has 0 unspecified atom stereocenters. The predicted molar refractivity (Wildman–Crippen MR) is 127 cm³/mol. The molecule has 2 amide bonds. The van der Waals surface area contributed by atoms with Crippen LogP contribution < -0.4 is 5.73 Å². The van der Waals surface area contributed by atoms with Gasteiger partial charge >= 0.3 is 0 Å². The summed E-state index contributed by atoms with van der Waals surface area (Å²) in [5.74, 6) is -0.895. The first kappa shape index (κ1) is 23.5. The second kappa shape index (κ2) is 8.76. The van der Waals surface area contributed by atoms with Crippen LogP contribution in [0.25, 0.3) is 0 Å². The van der Waals surface area contributed by atoms with Crippen LogP contribution in [-0.4, -0.2) is 23.5 Å². The molecule has 7 heteroatoms. The maximum Gasteiger partial charge on any atom is 0.252 e. The number of nitriles is 1. The van der Waals surface area contributed by atoms with Crippen molar-refractivity contribution in [2.75, 3.05) is 6.61 Å². The van der Waals surface area contributed by atoms with Crippen molar-refractivity contribution in [1.82, 2.24) is 5.06 Å². The summed E-state index contributed by atoms with van der Waals surface area (Å²) in [6, 6.07) is 11.8. The first-order chi connectivity index (χ1) is 16.7. The number of fused-ring (bicyclic) bond motifs is 3. The molecule has 1 heterocycles. The molecule has 1 aliphatic heterocycles. The number of hydroxylamine groups is 2. The summed E-state index contributed by atoms with van der Waals surface area (Å²) in [6.45, 7) is 2.28. The summed E-state index contributed by atoms with van der Waals surface area (Å²) in [7, 11) is 0. The maximum atomic E-state index is 14.1. The van der Waals surface area contributed by atoms with Crippen molar-refractivity contribution >= 4 is 11.8 Å². The fourth-order valence-corrected chi connectivity index (χ4v) is 6.40. The van der Waals surface area contributed by atoms with Crippen LogP contribution in [0.4, 0.5) is 4.39 Å². The number of nitrogens with zero attached hydrogens (tertiary/aromatic N) is 2. The summed E-state index contributed by atoms with van der Waals surface area (Å²) in [5, 5.41) is 10.7. The molecule has 3 aliphatic carbocycles. The lowest BCUT2D eigenvalue weighted by Crippen LogP contribution is -2.51. The average Bonchev–Trinajstić information content (AvgIpc) is 3.35. The number of rotatable bonds is 5. The maximum absolute atomic E-state index is 14.1. The standard InChI is InChI=1S/C28H30FN3O3/c1-18-2-3-19(14-23(18)25(31)33)16-27-5-8-28(9-6-27,10-7-27)26(34)32-24(4-11-35-32)21-12-20(17-30)13-22(29)15-21/h2-3,12-15,24H,4-11,16H2,1H3,(H2,31,33)/t24-,27?,28?/m0/s1. The Hall–Kier alpha value is -3.24. The molecule has 2 aromatic carbocycles. The van der Waals surface area contributed by atoms with Gasteiger partial charge in [-0.1, -0.05) is 12.1 Å². The van der Waals surface area contributed by atoms with Crippen molar-refractivity contribution < 1.29 is 18.8 Å². The quantitative estimate of drug-likeness (QED) is 0.666. The summed E-state index contributed by atoms with van der Waals surface area (Å²) in [6.07, 6.45) is 6.65. The summed E-state index contributed by atoms with van der Waals surface area (Å²) < 4.78 is 14.1. The number of nitrogens with two attached hydrogens (primary N) is 1. The zero-order valence-corrected chi connectivity index (χ0v) is 20.0. The highest BCUT2D eigenvalue weighted by molar-refractivity contribution is 5.94. The number of halogens is 1. The number of benzene rings is 2. The van der Waals surface area contributed by atoms with Gasteiger partial charge in [0.15, 0.2) is 0 Å². The van der Waals surface area contributed by atoms with Crippen LogP contribution in [0.2, 0.25) is 0 Å². The molecular formula is C28H30FN3O3.